The fourth-order valence-corrected chi connectivity index (χ4v) is 1.89. The van der Waals surface area contributed by atoms with Gasteiger partial charge in [0.2, 0.25) is 0 Å². The van der Waals surface area contributed by atoms with Crippen molar-refractivity contribution in [3.8, 4) is 5.69 Å². The molecule has 1 aromatic carbocycles. The molecule has 2 N–H and O–H groups in total. The van der Waals surface area contributed by atoms with Gasteiger partial charge >= 0.3 is 0 Å². The van der Waals surface area contributed by atoms with Gasteiger partial charge in [-0.25, -0.2) is 4.68 Å². The number of benzene rings is 1. The molecule has 0 saturated heterocycles. The maximum Gasteiger partial charge on any atom is 0.149 e. The lowest BCUT2D eigenvalue weighted by Crippen LogP contribution is -1.98. The minimum absolute atomic E-state index is 0.596. The Morgan fingerprint density at radius 3 is 2.43 bits per heavy atom. The third-order valence-corrected chi connectivity index (χ3v) is 3.35. The van der Waals surface area contributed by atoms with Crippen LogP contribution < -0.4 is 5.73 Å². The highest BCUT2D eigenvalue weighted by Crippen LogP contribution is 2.20. The Labute approximate surface area is 96.1 Å². The van der Waals surface area contributed by atoms with E-state index in [1.165, 1.54) is 0 Å². The van der Waals surface area contributed by atoms with Crippen LogP contribution in [0.3, 0.4) is 0 Å². The highest BCUT2D eigenvalue weighted by Gasteiger charge is 2.09. The summed E-state index contributed by atoms with van der Waals surface area (Å²) >= 11 is 2.25. The van der Waals surface area contributed by atoms with Gasteiger partial charge in [-0.15, -0.1) is 5.10 Å². The average molecular weight is 299 g/mol. The van der Waals surface area contributed by atoms with Crippen molar-refractivity contribution >= 4 is 28.4 Å². The van der Waals surface area contributed by atoms with E-state index in [2.05, 4.69) is 27.7 Å². The van der Waals surface area contributed by atoms with Crippen LogP contribution in [0.1, 0.15) is 5.56 Å². The maximum atomic E-state index is 5.74. The molecule has 1 aromatic heterocycles. The summed E-state index contributed by atoms with van der Waals surface area (Å²) in [7, 11) is 0. The number of nitrogen functional groups attached to an aromatic ring is 1. The zero-order valence-electron chi connectivity index (χ0n) is 7.74. The molecule has 0 unspecified atom stereocenters. The summed E-state index contributed by atoms with van der Waals surface area (Å²) in [5, 5.41) is 4.27. The lowest BCUT2D eigenvalue weighted by Gasteiger charge is -2.01. The Morgan fingerprint density at radius 2 is 1.93 bits per heavy atom. The molecule has 0 radical (unpaired) electrons. The van der Waals surface area contributed by atoms with Gasteiger partial charge < -0.3 is 5.73 Å². The topological polar surface area (TPSA) is 43.8 Å². The average Bonchev–Trinajstić information content (AvgIpc) is 2.47. The number of halogens is 1. The van der Waals surface area contributed by atoms with E-state index in [1.54, 1.807) is 0 Å². The predicted molar refractivity (Wildman–Crippen MR) is 65.4 cm³/mol. The molecule has 4 heteroatoms. The van der Waals surface area contributed by atoms with Crippen LogP contribution in [-0.4, -0.2) is 9.78 Å². The van der Waals surface area contributed by atoms with Gasteiger partial charge in [0.25, 0.3) is 0 Å². The van der Waals surface area contributed by atoms with Gasteiger partial charge in [0.1, 0.15) is 9.52 Å². The van der Waals surface area contributed by atoms with Crippen molar-refractivity contribution in [2.24, 2.45) is 0 Å². The Bertz CT molecular complexity index is 448. The minimum atomic E-state index is 0.596. The molecule has 3 nitrogen and oxygen atoms in total. The van der Waals surface area contributed by atoms with E-state index < -0.39 is 0 Å². The smallest absolute Gasteiger partial charge is 0.149 e. The fraction of sp³-hybridized carbons (Fsp3) is 0.100. The molecule has 2 rings (SSSR count). The third-order valence-electron chi connectivity index (χ3n) is 2.09. The SMILES string of the molecule is Cc1c(N)nn(-c2ccccc2)c1I. The normalized spacial score (nSPS) is 10.4. The van der Waals surface area contributed by atoms with E-state index >= 15 is 0 Å². The first-order valence-electron chi connectivity index (χ1n) is 4.26. The number of rotatable bonds is 1. The number of para-hydroxylation sites is 1. The van der Waals surface area contributed by atoms with Gasteiger partial charge in [-0.2, -0.15) is 0 Å². The number of nitrogens with zero attached hydrogens (tertiary/aromatic N) is 2. The standard InChI is InChI=1S/C10H10IN3/c1-7-9(11)14(13-10(7)12)8-5-3-2-4-6-8/h2-6H,1H3,(H2,12,13). The third kappa shape index (κ3) is 1.50. The van der Waals surface area contributed by atoms with E-state index in [0.29, 0.717) is 5.82 Å². The number of hydrogen-bond acceptors (Lipinski definition) is 2. The Kier molecular flexibility index (Phi) is 2.45. The Balaban J connectivity index is 2.58. The van der Waals surface area contributed by atoms with E-state index in [9.17, 15) is 0 Å². The first-order valence-corrected chi connectivity index (χ1v) is 5.34. The molecule has 0 spiro atoms. The molecule has 0 atom stereocenters. The minimum Gasteiger partial charge on any atom is -0.382 e. The summed E-state index contributed by atoms with van der Waals surface area (Å²) in [5.74, 6) is 0.596. The van der Waals surface area contributed by atoms with E-state index in [0.717, 1.165) is 15.0 Å². The van der Waals surface area contributed by atoms with Gasteiger partial charge in [-0.3, -0.25) is 0 Å². The second-order valence-corrected chi connectivity index (χ2v) is 4.07. The van der Waals surface area contributed by atoms with Crippen molar-refractivity contribution in [3.63, 3.8) is 0 Å². The van der Waals surface area contributed by atoms with Gasteiger partial charge in [0.05, 0.1) is 5.69 Å². The van der Waals surface area contributed by atoms with Gasteiger partial charge in [0.15, 0.2) is 0 Å². The number of anilines is 1. The molecule has 0 saturated carbocycles. The summed E-state index contributed by atoms with van der Waals surface area (Å²) in [6.45, 7) is 1.98. The van der Waals surface area contributed by atoms with Crippen LogP contribution in [0.2, 0.25) is 0 Å². The molecule has 72 valence electrons. The van der Waals surface area contributed by atoms with Crippen molar-refractivity contribution in [1.29, 1.82) is 0 Å². The van der Waals surface area contributed by atoms with Crippen LogP contribution >= 0.6 is 22.6 Å². The summed E-state index contributed by atoms with van der Waals surface area (Å²) in [4.78, 5) is 0. The van der Waals surface area contributed by atoms with Crippen molar-refractivity contribution in [2.45, 2.75) is 6.92 Å². The molecule has 0 fully saturated rings. The molecule has 0 aliphatic rings. The monoisotopic (exact) mass is 299 g/mol. The molecule has 2 aromatic rings. The van der Waals surface area contributed by atoms with Crippen LogP contribution in [0.25, 0.3) is 5.69 Å². The van der Waals surface area contributed by atoms with Crippen LogP contribution in [0, 0.1) is 10.6 Å². The van der Waals surface area contributed by atoms with Gasteiger partial charge in [-0.05, 0) is 41.6 Å². The lowest BCUT2D eigenvalue weighted by molar-refractivity contribution is 0.862. The first kappa shape index (κ1) is 9.51. The van der Waals surface area contributed by atoms with Crippen molar-refractivity contribution in [3.05, 3.63) is 39.6 Å². The second-order valence-electron chi connectivity index (χ2n) is 3.05. The molecular formula is C10H10IN3. The van der Waals surface area contributed by atoms with Crippen LogP contribution in [-0.2, 0) is 0 Å². The molecule has 0 bridgehead atoms. The van der Waals surface area contributed by atoms with E-state index in [1.807, 2.05) is 41.9 Å². The van der Waals surface area contributed by atoms with Crippen LogP contribution in [0.4, 0.5) is 5.82 Å². The number of hydrogen-bond donors (Lipinski definition) is 1. The molecule has 0 aliphatic heterocycles. The summed E-state index contributed by atoms with van der Waals surface area (Å²) in [6.07, 6.45) is 0. The Morgan fingerprint density at radius 1 is 1.29 bits per heavy atom. The zero-order valence-corrected chi connectivity index (χ0v) is 9.89. The molecule has 1 heterocycles. The molecule has 14 heavy (non-hydrogen) atoms. The number of aromatic nitrogens is 2. The quantitative estimate of drug-likeness (QED) is 0.822. The highest BCUT2D eigenvalue weighted by molar-refractivity contribution is 14.1. The van der Waals surface area contributed by atoms with E-state index in [4.69, 9.17) is 5.73 Å². The van der Waals surface area contributed by atoms with Crippen molar-refractivity contribution < 1.29 is 0 Å². The molecule has 0 amide bonds. The van der Waals surface area contributed by atoms with Gasteiger partial charge in [-0.1, -0.05) is 18.2 Å². The van der Waals surface area contributed by atoms with Crippen molar-refractivity contribution in [2.75, 3.05) is 5.73 Å². The second kappa shape index (κ2) is 3.61. The summed E-state index contributed by atoms with van der Waals surface area (Å²) < 4.78 is 2.91. The van der Waals surface area contributed by atoms with E-state index in [-0.39, 0.29) is 0 Å². The summed E-state index contributed by atoms with van der Waals surface area (Å²) in [6, 6.07) is 9.97. The largest absolute Gasteiger partial charge is 0.382 e. The van der Waals surface area contributed by atoms with Crippen LogP contribution in [0.5, 0.6) is 0 Å². The summed E-state index contributed by atoms with van der Waals surface area (Å²) in [5.41, 5.74) is 7.82. The molecular weight excluding hydrogens is 289 g/mol. The number of nitrogens with two attached hydrogens (primary N) is 1. The van der Waals surface area contributed by atoms with Crippen molar-refractivity contribution in [1.82, 2.24) is 9.78 Å². The lowest BCUT2D eigenvalue weighted by atomic mass is 10.3. The fourth-order valence-electron chi connectivity index (χ4n) is 1.23. The van der Waals surface area contributed by atoms with Crippen LogP contribution in [0.15, 0.2) is 30.3 Å². The zero-order chi connectivity index (χ0) is 10.1. The highest BCUT2D eigenvalue weighted by atomic mass is 127. The first-order chi connectivity index (χ1) is 6.70. The predicted octanol–water partition coefficient (Wildman–Crippen LogP) is 2.37. The maximum absolute atomic E-state index is 5.74. The Hall–Kier alpha value is -1.04. The molecule has 0 aliphatic carbocycles. The van der Waals surface area contributed by atoms with Gasteiger partial charge in [0, 0.05) is 5.56 Å².